The topological polar surface area (TPSA) is 106 Å². The van der Waals surface area contributed by atoms with Gasteiger partial charge in [0.25, 0.3) is 5.91 Å². The van der Waals surface area contributed by atoms with E-state index in [0.717, 1.165) is 16.7 Å². The summed E-state index contributed by atoms with van der Waals surface area (Å²) in [6.07, 6.45) is 1.30. The molecule has 2 aromatic rings. The molecule has 0 saturated carbocycles. The number of hydrogen-bond acceptors (Lipinski definition) is 6. The number of carbonyl (C=O) groups is 2. The zero-order valence-electron chi connectivity index (χ0n) is 13.8. The van der Waals surface area contributed by atoms with Crippen LogP contribution >= 0.6 is 11.8 Å². The highest BCUT2D eigenvalue weighted by Crippen LogP contribution is 2.19. The third-order valence-electron chi connectivity index (χ3n) is 3.29. The highest BCUT2D eigenvalue weighted by Gasteiger charge is 2.10. The molecule has 0 spiro atoms. The molecular weight excluding hydrogens is 348 g/mol. The monoisotopic (exact) mass is 362 g/mol. The average Bonchev–Trinajstić information content (AvgIpc) is 2.64. The number of thiocyanates is 1. The van der Waals surface area contributed by atoms with E-state index in [2.05, 4.69) is 10.6 Å². The molecule has 2 N–H and O–H groups in total. The number of amides is 1. The molecule has 1 amide bonds. The van der Waals surface area contributed by atoms with E-state index < -0.39 is 5.91 Å². The Balaban J connectivity index is 2.07. The number of benzene rings is 2. The minimum Gasteiger partial charge on any atom is -0.360 e. The normalized spacial score (nSPS) is 10.3. The Morgan fingerprint density at radius 2 is 1.81 bits per heavy atom. The summed E-state index contributed by atoms with van der Waals surface area (Å²) in [6, 6.07) is 15.3. The zero-order chi connectivity index (χ0) is 18.9. The summed E-state index contributed by atoms with van der Waals surface area (Å²) >= 11 is 1.04. The molecule has 0 aliphatic heterocycles. The van der Waals surface area contributed by atoms with Crippen LogP contribution in [-0.4, -0.2) is 11.7 Å². The van der Waals surface area contributed by atoms with Crippen molar-refractivity contribution in [1.29, 1.82) is 10.5 Å². The first-order valence-electron chi connectivity index (χ1n) is 7.48. The van der Waals surface area contributed by atoms with Gasteiger partial charge in [-0.05, 0) is 55.1 Å². The highest BCUT2D eigenvalue weighted by molar-refractivity contribution is 8.03. The molecule has 0 aromatic heterocycles. The van der Waals surface area contributed by atoms with E-state index in [0.29, 0.717) is 16.9 Å². The third-order valence-corrected chi connectivity index (χ3v) is 3.89. The van der Waals surface area contributed by atoms with Gasteiger partial charge >= 0.3 is 0 Å². The second kappa shape index (κ2) is 9.07. The van der Waals surface area contributed by atoms with E-state index in [9.17, 15) is 14.9 Å². The summed E-state index contributed by atoms with van der Waals surface area (Å²) in [4.78, 5) is 24.4. The van der Waals surface area contributed by atoms with Gasteiger partial charge in [0.15, 0.2) is 5.78 Å². The van der Waals surface area contributed by atoms with Crippen molar-refractivity contribution < 1.29 is 9.59 Å². The summed E-state index contributed by atoms with van der Waals surface area (Å²) in [5.41, 5.74) is 1.46. The Bertz CT molecular complexity index is 937. The second-order valence-corrected chi connectivity index (χ2v) is 5.98. The Morgan fingerprint density at radius 1 is 1.08 bits per heavy atom. The number of thioether (sulfide) groups is 1. The molecule has 26 heavy (non-hydrogen) atoms. The quantitative estimate of drug-likeness (QED) is 0.265. The summed E-state index contributed by atoms with van der Waals surface area (Å²) in [5.74, 6) is -0.700. The fraction of sp³-hybridized carbons (Fsp3) is 0.0526. The minimum atomic E-state index is -0.586. The van der Waals surface area contributed by atoms with Gasteiger partial charge in [-0.15, -0.1) is 0 Å². The van der Waals surface area contributed by atoms with Crippen molar-refractivity contribution in [1.82, 2.24) is 0 Å². The van der Waals surface area contributed by atoms with Crippen LogP contribution in [0, 0.1) is 22.0 Å². The van der Waals surface area contributed by atoms with E-state index >= 15 is 0 Å². The molecule has 0 bridgehead atoms. The Labute approximate surface area is 155 Å². The first-order chi connectivity index (χ1) is 12.5. The van der Waals surface area contributed by atoms with E-state index in [1.54, 1.807) is 48.5 Å². The Kier molecular flexibility index (Phi) is 6.55. The van der Waals surface area contributed by atoms with Crippen molar-refractivity contribution in [3.05, 3.63) is 65.9 Å². The van der Waals surface area contributed by atoms with Crippen LogP contribution < -0.4 is 10.6 Å². The van der Waals surface area contributed by atoms with Gasteiger partial charge in [0.05, 0.1) is 0 Å². The Hall–Kier alpha value is -3.55. The van der Waals surface area contributed by atoms with Gasteiger partial charge in [-0.3, -0.25) is 9.59 Å². The third kappa shape index (κ3) is 5.23. The lowest BCUT2D eigenvalue weighted by molar-refractivity contribution is -0.112. The predicted molar refractivity (Wildman–Crippen MR) is 100 cm³/mol. The minimum absolute atomic E-state index is 0.114. The van der Waals surface area contributed by atoms with Gasteiger partial charge in [0, 0.05) is 28.0 Å². The predicted octanol–water partition coefficient (Wildman–Crippen LogP) is 3.92. The fourth-order valence-electron chi connectivity index (χ4n) is 1.99. The van der Waals surface area contributed by atoms with Crippen LogP contribution in [0.5, 0.6) is 0 Å². The van der Waals surface area contributed by atoms with Crippen LogP contribution in [0.3, 0.4) is 0 Å². The lowest BCUT2D eigenvalue weighted by atomic mass is 10.1. The summed E-state index contributed by atoms with van der Waals surface area (Å²) < 4.78 is 0. The lowest BCUT2D eigenvalue weighted by Crippen LogP contribution is -2.14. The second-order valence-electron chi connectivity index (χ2n) is 5.12. The highest BCUT2D eigenvalue weighted by atomic mass is 32.2. The number of nitrogens with zero attached hydrogens (tertiary/aromatic N) is 2. The van der Waals surface area contributed by atoms with Crippen LogP contribution in [-0.2, 0) is 4.79 Å². The number of nitrogens with one attached hydrogen (secondary N) is 2. The fourth-order valence-corrected chi connectivity index (χ4v) is 2.37. The van der Waals surface area contributed by atoms with Gasteiger partial charge < -0.3 is 10.6 Å². The number of Topliss-reactive ketones (excluding diaryl/α,β-unsaturated/α-hetero) is 1. The molecule has 0 atom stereocenters. The zero-order valence-corrected chi connectivity index (χ0v) is 14.6. The first-order valence-corrected chi connectivity index (χ1v) is 8.30. The van der Waals surface area contributed by atoms with Crippen LogP contribution in [0.25, 0.3) is 0 Å². The molecule has 0 heterocycles. The molecule has 0 saturated heterocycles. The van der Waals surface area contributed by atoms with Crippen LogP contribution in [0.15, 0.2) is 65.2 Å². The maximum Gasteiger partial charge on any atom is 0.267 e. The lowest BCUT2D eigenvalue weighted by Gasteiger charge is -2.06. The van der Waals surface area contributed by atoms with E-state index in [-0.39, 0.29) is 11.4 Å². The molecule has 0 aliphatic rings. The van der Waals surface area contributed by atoms with Gasteiger partial charge in [-0.1, -0.05) is 12.1 Å². The van der Waals surface area contributed by atoms with E-state index in [1.165, 1.54) is 13.1 Å². The van der Waals surface area contributed by atoms with Gasteiger partial charge in [-0.25, -0.2) is 0 Å². The number of anilines is 2. The van der Waals surface area contributed by atoms with Crippen molar-refractivity contribution in [2.75, 3.05) is 10.6 Å². The van der Waals surface area contributed by atoms with E-state index in [1.807, 2.05) is 11.5 Å². The summed E-state index contributed by atoms with van der Waals surface area (Å²) in [7, 11) is 0. The molecule has 0 radical (unpaired) electrons. The van der Waals surface area contributed by atoms with Gasteiger partial charge in [0.1, 0.15) is 17.0 Å². The molecule has 0 unspecified atom stereocenters. The molecule has 128 valence electrons. The molecule has 2 aromatic carbocycles. The number of ketones is 1. The summed E-state index contributed by atoms with van der Waals surface area (Å²) in [6.45, 7) is 1.44. The van der Waals surface area contributed by atoms with Gasteiger partial charge in [-0.2, -0.15) is 10.5 Å². The van der Waals surface area contributed by atoms with Crippen LogP contribution in [0.4, 0.5) is 11.4 Å². The van der Waals surface area contributed by atoms with Gasteiger partial charge in [0.2, 0.25) is 0 Å². The SMILES string of the molecule is CC(=O)c1cccc(NC(=O)/C(C#N)=C\Nc2ccc(SC#N)cc2)c1. The largest absolute Gasteiger partial charge is 0.360 e. The van der Waals surface area contributed by atoms with Crippen LogP contribution in [0.2, 0.25) is 0 Å². The van der Waals surface area contributed by atoms with Crippen molar-refractivity contribution >= 4 is 34.8 Å². The molecule has 2 rings (SSSR count). The maximum atomic E-state index is 12.2. The first kappa shape index (κ1) is 18.8. The molecule has 0 aliphatic carbocycles. The number of rotatable bonds is 6. The van der Waals surface area contributed by atoms with E-state index in [4.69, 9.17) is 5.26 Å². The smallest absolute Gasteiger partial charge is 0.267 e. The summed E-state index contributed by atoms with van der Waals surface area (Å²) in [5, 5.41) is 25.2. The van der Waals surface area contributed by atoms with Crippen molar-refractivity contribution in [2.24, 2.45) is 0 Å². The van der Waals surface area contributed by atoms with Crippen LogP contribution in [0.1, 0.15) is 17.3 Å². The number of carbonyl (C=O) groups excluding carboxylic acids is 2. The molecular formula is C19H14N4O2S. The average molecular weight is 362 g/mol. The standard InChI is InChI=1S/C19H14N4O2S/c1-13(24)14-3-2-4-17(9-14)23-19(25)15(10-20)11-22-16-5-7-18(8-6-16)26-12-21/h2-9,11,22H,1H3,(H,23,25)/b15-11-. The Morgan fingerprint density at radius 3 is 2.42 bits per heavy atom. The molecule has 0 fully saturated rings. The molecule has 6 nitrogen and oxygen atoms in total. The molecule has 7 heteroatoms. The number of nitriles is 2. The maximum absolute atomic E-state index is 12.2. The van der Waals surface area contributed by atoms with Crippen molar-refractivity contribution in [2.45, 2.75) is 11.8 Å². The van der Waals surface area contributed by atoms with Crippen molar-refractivity contribution in [3.8, 4) is 11.5 Å². The number of hydrogen-bond donors (Lipinski definition) is 2. The van der Waals surface area contributed by atoms with Crippen molar-refractivity contribution in [3.63, 3.8) is 0 Å².